The lowest BCUT2D eigenvalue weighted by atomic mass is 10.0. The van der Waals surface area contributed by atoms with Gasteiger partial charge in [0.2, 0.25) is 0 Å². The zero-order valence-electron chi connectivity index (χ0n) is 13.9. The summed E-state index contributed by atoms with van der Waals surface area (Å²) in [6.07, 6.45) is -0.0864. The van der Waals surface area contributed by atoms with Crippen molar-refractivity contribution in [2.45, 2.75) is 31.2 Å². The number of hydrogen-bond acceptors (Lipinski definition) is 2. The second-order valence-corrected chi connectivity index (χ2v) is 11.3. The Bertz CT molecular complexity index is 623. The number of benzene rings is 2. The molecule has 0 fully saturated rings. The quantitative estimate of drug-likeness (QED) is 0.602. The maximum Gasteiger partial charge on any atom is 0.0901 e. The summed E-state index contributed by atoms with van der Waals surface area (Å²) < 4.78 is 0. The van der Waals surface area contributed by atoms with Crippen LogP contribution in [0.1, 0.15) is 18.1 Å². The van der Waals surface area contributed by atoms with E-state index < -0.39 is 14.2 Å². The van der Waals surface area contributed by atoms with E-state index in [4.69, 9.17) is 0 Å². The van der Waals surface area contributed by atoms with E-state index >= 15 is 0 Å². The highest BCUT2D eigenvalue weighted by Crippen LogP contribution is 2.34. The molecule has 2 rings (SSSR count). The van der Waals surface area contributed by atoms with Crippen molar-refractivity contribution in [3.05, 3.63) is 78.4 Å². The van der Waals surface area contributed by atoms with Crippen LogP contribution in [-0.2, 0) is 0 Å². The van der Waals surface area contributed by atoms with Crippen molar-refractivity contribution in [3.63, 3.8) is 0 Å². The molecular formula is C20H26O2Si. The lowest BCUT2D eigenvalue weighted by Gasteiger charge is -2.34. The van der Waals surface area contributed by atoms with Gasteiger partial charge in [0.1, 0.15) is 0 Å². The molecule has 23 heavy (non-hydrogen) atoms. The van der Waals surface area contributed by atoms with E-state index in [-0.39, 0.29) is 12.1 Å². The van der Waals surface area contributed by atoms with Crippen molar-refractivity contribution in [2.75, 3.05) is 6.61 Å². The monoisotopic (exact) mass is 326 g/mol. The molecule has 0 radical (unpaired) electrons. The molecule has 2 nitrogen and oxygen atoms in total. The summed E-state index contributed by atoms with van der Waals surface area (Å²) in [6.45, 7) is 8.78. The zero-order valence-corrected chi connectivity index (χ0v) is 14.9. The van der Waals surface area contributed by atoms with Crippen LogP contribution < -0.4 is 5.19 Å². The summed E-state index contributed by atoms with van der Waals surface area (Å²) in [7, 11) is -1.90. The number of hydrogen-bond donors (Lipinski definition) is 2. The van der Waals surface area contributed by atoms with Crippen molar-refractivity contribution in [1.29, 1.82) is 0 Å². The average molecular weight is 327 g/mol. The maximum absolute atomic E-state index is 10.4. The minimum Gasteiger partial charge on any atom is -0.396 e. The van der Waals surface area contributed by atoms with Gasteiger partial charge in [-0.25, -0.2) is 0 Å². The molecule has 0 saturated heterocycles. The van der Waals surface area contributed by atoms with Gasteiger partial charge in [-0.1, -0.05) is 91.1 Å². The number of aliphatic hydroxyl groups is 2. The van der Waals surface area contributed by atoms with Crippen molar-refractivity contribution < 1.29 is 10.2 Å². The van der Waals surface area contributed by atoms with Crippen LogP contribution in [0.5, 0.6) is 0 Å². The number of aliphatic hydroxyl groups excluding tert-OH is 2. The molecule has 0 bridgehead atoms. The molecule has 2 aromatic carbocycles. The van der Waals surface area contributed by atoms with Crippen LogP contribution in [-0.4, -0.2) is 24.9 Å². The molecular weight excluding hydrogens is 300 g/mol. The molecule has 0 aromatic heterocycles. The molecule has 0 aliphatic heterocycles. The topological polar surface area (TPSA) is 40.5 Å². The van der Waals surface area contributed by atoms with E-state index in [9.17, 15) is 10.2 Å². The second kappa shape index (κ2) is 7.73. The summed E-state index contributed by atoms with van der Waals surface area (Å²) in [5.74, 6) is 0. The first kappa shape index (κ1) is 17.7. The van der Waals surface area contributed by atoms with Gasteiger partial charge in [0, 0.05) is 12.1 Å². The first-order valence-corrected chi connectivity index (χ1v) is 11.1. The summed E-state index contributed by atoms with van der Waals surface area (Å²) >= 11 is 0. The van der Waals surface area contributed by atoms with Crippen LogP contribution in [0, 0.1) is 0 Å². The fourth-order valence-corrected chi connectivity index (χ4v) is 6.17. The van der Waals surface area contributed by atoms with E-state index in [1.807, 2.05) is 48.5 Å². The molecule has 0 spiro atoms. The van der Waals surface area contributed by atoms with Crippen molar-refractivity contribution in [2.24, 2.45) is 0 Å². The van der Waals surface area contributed by atoms with E-state index in [1.54, 1.807) is 0 Å². The zero-order chi connectivity index (χ0) is 16.9. The van der Waals surface area contributed by atoms with Crippen LogP contribution >= 0.6 is 0 Å². The molecule has 2 atom stereocenters. The summed E-state index contributed by atoms with van der Waals surface area (Å²) in [5.41, 5.74) is 1.86. The maximum atomic E-state index is 10.4. The Hall–Kier alpha value is -1.68. The minimum atomic E-state index is -1.90. The number of rotatable bonds is 7. The van der Waals surface area contributed by atoms with Gasteiger partial charge < -0.3 is 10.2 Å². The second-order valence-electron chi connectivity index (χ2n) is 6.61. The molecule has 0 heterocycles. The van der Waals surface area contributed by atoms with Gasteiger partial charge in [0.05, 0.1) is 14.2 Å². The van der Waals surface area contributed by atoms with Gasteiger partial charge >= 0.3 is 0 Å². The normalized spacial score (nSPS) is 14.3. The largest absolute Gasteiger partial charge is 0.396 e. The summed E-state index contributed by atoms with van der Waals surface area (Å²) in [5, 5.41) is 21.7. The molecule has 0 saturated carbocycles. The van der Waals surface area contributed by atoms with Gasteiger partial charge in [0.15, 0.2) is 0 Å². The minimum absolute atomic E-state index is 0.0308. The Labute approximate surface area is 140 Å². The summed E-state index contributed by atoms with van der Waals surface area (Å²) in [4.78, 5) is 0. The average Bonchev–Trinajstić information content (AvgIpc) is 2.56. The Kier molecular flexibility index (Phi) is 5.94. The molecule has 2 aromatic rings. The molecule has 0 aliphatic rings. The van der Waals surface area contributed by atoms with Crippen molar-refractivity contribution >= 4 is 13.3 Å². The molecule has 2 N–H and O–H groups in total. The third kappa shape index (κ3) is 4.19. The van der Waals surface area contributed by atoms with Gasteiger partial charge in [-0.2, -0.15) is 0 Å². The smallest absolute Gasteiger partial charge is 0.0901 e. The Morgan fingerprint density at radius 3 is 2.04 bits per heavy atom. The van der Waals surface area contributed by atoms with Gasteiger partial charge in [-0.05, 0) is 12.0 Å². The fraction of sp³-hybridized carbons (Fsp3) is 0.300. The predicted molar refractivity (Wildman–Crippen MR) is 99.6 cm³/mol. The van der Waals surface area contributed by atoms with Crippen LogP contribution in [0.4, 0.5) is 0 Å². The molecule has 0 amide bonds. The van der Waals surface area contributed by atoms with Crippen molar-refractivity contribution in [3.8, 4) is 0 Å². The third-order valence-corrected chi connectivity index (χ3v) is 8.86. The van der Waals surface area contributed by atoms with Crippen molar-refractivity contribution in [1.82, 2.24) is 0 Å². The highest BCUT2D eigenvalue weighted by Gasteiger charge is 2.35. The fourth-order valence-electron chi connectivity index (χ4n) is 3.12. The molecule has 0 unspecified atom stereocenters. The van der Waals surface area contributed by atoms with Gasteiger partial charge in [-0.3, -0.25) is 0 Å². The van der Waals surface area contributed by atoms with E-state index in [1.165, 1.54) is 5.19 Å². The Morgan fingerprint density at radius 1 is 1.00 bits per heavy atom. The lowest BCUT2D eigenvalue weighted by Crippen LogP contribution is -2.47. The highest BCUT2D eigenvalue weighted by atomic mass is 28.3. The van der Waals surface area contributed by atoms with Crippen LogP contribution in [0.3, 0.4) is 0 Å². The SMILES string of the molecule is C=C(C[C@H](O)c1ccccc1)[C@@H](CO)[Si](C)(C)c1ccccc1. The van der Waals surface area contributed by atoms with Crippen LogP contribution in [0.2, 0.25) is 18.6 Å². The van der Waals surface area contributed by atoms with Gasteiger partial charge in [-0.15, -0.1) is 0 Å². The summed E-state index contributed by atoms with van der Waals surface area (Å²) in [6, 6.07) is 20.0. The van der Waals surface area contributed by atoms with E-state index in [2.05, 4.69) is 31.8 Å². The van der Waals surface area contributed by atoms with E-state index in [0.717, 1.165) is 11.1 Å². The first-order chi connectivity index (χ1) is 11.0. The lowest BCUT2D eigenvalue weighted by molar-refractivity contribution is 0.175. The molecule has 122 valence electrons. The van der Waals surface area contributed by atoms with Gasteiger partial charge in [0.25, 0.3) is 0 Å². The van der Waals surface area contributed by atoms with Crippen LogP contribution in [0.15, 0.2) is 72.8 Å². The standard InChI is InChI=1S/C20H26O2Si/c1-16(14-19(22)17-10-6-4-7-11-17)20(15-21)23(2,3)18-12-8-5-9-13-18/h4-13,19-22H,1,14-15H2,2-3H3/t19-,20+/m0/s1. The molecule has 0 aliphatic carbocycles. The van der Waals surface area contributed by atoms with Crippen LogP contribution in [0.25, 0.3) is 0 Å². The Balaban J connectivity index is 2.15. The molecule has 3 heteroatoms. The Morgan fingerprint density at radius 2 is 1.52 bits per heavy atom. The third-order valence-electron chi connectivity index (χ3n) is 4.70. The first-order valence-electron chi connectivity index (χ1n) is 8.04. The highest BCUT2D eigenvalue weighted by molar-refractivity contribution is 6.91. The van der Waals surface area contributed by atoms with E-state index in [0.29, 0.717) is 6.42 Å². The predicted octanol–water partition coefficient (Wildman–Crippen LogP) is 3.64.